The molecule has 2 aromatic rings. The van der Waals surface area contributed by atoms with Crippen molar-refractivity contribution >= 4 is 0 Å². The summed E-state index contributed by atoms with van der Waals surface area (Å²) >= 11 is 0. The van der Waals surface area contributed by atoms with Gasteiger partial charge in [0, 0.05) is 12.5 Å². The fourth-order valence-corrected chi connectivity index (χ4v) is 2.28. The molecular formula is C16H17F2NO2. The largest absolute Gasteiger partial charge is 0.494 e. The van der Waals surface area contributed by atoms with Crippen LogP contribution in [0.1, 0.15) is 23.1 Å². The topological polar surface area (TPSA) is 55.5 Å². The summed E-state index contributed by atoms with van der Waals surface area (Å²) in [6.07, 6.45) is -1.03. The summed E-state index contributed by atoms with van der Waals surface area (Å²) in [7, 11) is 1.37. The van der Waals surface area contributed by atoms with Crippen molar-refractivity contribution in [2.24, 2.45) is 5.73 Å². The van der Waals surface area contributed by atoms with E-state index < -0.39 is 23.7 Å². The Bertz CT molecular complexity index is 619. The third-order valence-corrected chi connectivity index (χ3v) is 3.43. The molecule has 0 aromatic heterocycles. The molecule has 0 saturated carbocycles. The highest BCUT2D eigenvalue weighted by Gasteiger charge is 2.23. The first kappa shape index (κ1) is 15.4. The number of hydrogen-bond donors (Lipinski definition) is 2. The first-order valence-corrected chi connectivity index (χ1v) is 6.54. The Kier molecular flexibility index (Phi) is 4.88. The van der Waals surface area contributed by atoms with Crippen LogP contribution in [0.25, 0.3) is 0 Å². The highest BCUT2D eigenvalue weighted by Crippen LogP contribution is 2.32. The fourth-order valence-electron chi connectivity index (χ4n) is 2.28. The number of hydrogen-bond acceptors (Lipinski definition) is 3. The van der Waals surface area contributed by atoms with Gasteiger partial charge >= 0.3 is 0 Å². The Morgan fingerprint density at radius 1 is 1.14 bits per heavy atom. The molecule has 0 amide bonds. The summed E-state index contributed by atoms with van der Waals surface area (Å²) in [6, 6.07) is 10.1. The second-order valence-corrected chi connectivity index (χ2v) is 4.74. The van der Waals surface area contributed by atoms with Gasteiger partial charge in [-0.25, -0.2) is 8.78 Å². The van der Waals surface area contributed by atoms with Gasteiger partial charge in [-0.1, -0.05) is 18.2 Å². The lowest BCUT2D eigenvalue weighted by molar-refractivity contribution is 0.147. The quantitative estimate of drug-likeness (QED) is 0.891. The van der Waals surface area contributed by atoms with Gasteiger partial charge in [0.15, 0.2) is 11.6 Å². The summed E-state index contributed by atoms with van der Waals surface area (Å²) in [6.45, 7) is 0.109. The van der Waals surface area contributed by atoms with E-state index in [2.05, 4.69) is 0 Å². The number of aliphatic hydroxyl groups is 1. The first-order chi connectivity index (χ1) is 10.1. The maximum Gasteiger partial charge on any atom is 0.165 e. The number of halogens is 2. The number of benzene rings is 2. The van der Waals surface area contributed by atoms with Gasteiger partial charge < -0.3 is 15.6 Å². The van der Waals surface area contributed by atoms with Gasteiger partial charge in [-0.3, -0.25) is 0 Å². The van der Waals surface area contributed by atoms with Gasteiger partial charge in [-0.05, 0) is 35.4 Å². The molecule has 0 radical (unpaired) electrons. The Hall–Kier alpha value is -1.98. The van der Waals surface area contributed by atoms with Crippen LogP contribution in [-0.4, -0.2) is 18.8 Å². The van der Waals surface area contributed by atoms with E-state index in [-0.39, 0.29) is 12.3 Å². The van der Waals surface area contributed by atoms with E-state index in [0.29, 0.717) is 11.1 Å². The molecule has 2 unspecified atom stereocenters. The Morgan fingerprint density at radius 3 is 2.48 bits per heavy atom. The summed E-state index contributed by atoms with van der Waals surface area (Å²) in [5.74, 6) is -1.39. The van der Waals surface area contributed by atoms with E-state index in [1.165, 1.54) is 31.4 Å². The first-order valence-electron chi connectivity index (χ1n) is 6.54. The SMILES string of the molecule is COc1ccc(C(O)C(CN)c2cccc(F)c2)cc1F. The van der Waals surface area contributed by atoms with Crippen LogP contribution in [0, 0.1) is 11.6 Å². The second kappa shape index (κ2) is 6.65. The number of methoxy groups -OCH3 is 1. The Morgan fingerprint density at radius 2 is 1.90 bits per heavy atom. The van der Waals surface area contributed by atoms with Gasteiger partial charge in [0.25, 0.3) is 0 Å². The van der Waals surface area contributed by atoms with Crippen LogP contribution in [0.15, 0.2) is 42.5 Å². The van der Waals surface area contributed by atoms with Crippen LogP contribution < -0.4 is 10.5 Å². The molecule has 0 heterocycles. The van der Waals surface area contributed by atoms with Gasteiger partial charge in [0.1, 0.15) is 5.82 Å². The van der Waals surface area contributed by atoms with Gasteiger partial charge in [-0.2, -0.15) is 0 Å². The third kappa shape index (κ3) is 3.37. The standard InChI is InChI=1S/C16H17F2NO2/c1-21-15-6-5-11(8-14(15)18)16(20)13(9-19)10-3-2-4-12(17)7-10/h2-8,13,16,20H,9,19H2,1H3. The lowest BCUT2D eigenvalue weighted by Crippen LogP contribution is -2.20. The molecule has 3 nitrogen and oxygen atoms in total. The molecule has 0 aliphatic carbocycles. The van der Waals surface area contributed by atoms with Crippen molar-refractivity contribution in [3.8, 4) is 5.75 Å². The average molecular weight is 293 g/mol. The lowest BCUT2D eigenvalue weighted by atomic mass is 9.89. The maximum atomic E-state index is 13.7. The van der Waals surface area contributed by atoms with Crippen molar-refractivity contribution in [3.05, 3.63) is 65.2 Å². The fraction of sp³-hybridized carbons (Fsp3) is 0.250. The van der Waals surface area contributed by atoms with Crippen molar-refractivity contribution < 1.29 is 18.6 Å². The summed E-state index contributed by atoms with van der Waals surface area (Å²) < 4.78 is 31.8. The van der Waals surface area contributed by atoms with Gasteiger partial charge in [0.05, 0.1) is 13.2 Å². The van der Waals surface area contributed by atoms with Crippen molar-refractivity contribution in [1.82, 2.24) is 0 Å². The van der Waals surface area contributed by atoms with Crippen LogP contribution in [0.4, 0.5) is 8.78 Å². The molecule has 0 fully saturated rings. The molecule has 0 aliphatic rings. The Labute approximate surface area is 122 Å². The highest BCUT2D eigenvalue weighted by molar-refractivity contribution is 5.33. The average Bonchev–Trinajstić information content (AvgIpc) is 2.48. The molecule has 0 bridgehead atoms. The minimum Gasteiger partial charge on any atom is -0.494 e. The monoisotopic (exact) mass is 293 g/mol. The summed E-state index contributed by atoms with van der Waals surface area (Å²) in [5, 5.41) is 10.4. The van der Waals surface area contributed by atoms with E-state index in [9.17, 15) is 13.9 Å². The van der Waals surface area contributed by atoms with Crippen LogP contribution in [-0.2, 0) is 0 Å². The van der Waals surface area contributed by atoms with E-state index in [4.69, 9.17) is 10.5 Å². The van der Waals surface area contributed by atoms with Crippen molar-refractivity contribution in [2.45, 2.75) is 12.0 Å². The molecule has 3 N–H and O–H groups in total. The molecule has 2 rings (SSSR count). The highest BCUT2D eigenvalue weighted by atomic mass is 19.1. The predicted molar refractivity (Wildman–Crippen MR) is 76.1 cm³/mol. The van der Waals surface area contributed by atoms with Crippen molar-refractivity contribution in [3.63, 3.8) is 0 Å². The van der Waals surface area contributed by atoms with Gasteiger partial charge in [-0.15, -0.1) is 0 Å². The van der Waals surface area contributed by atoms with E-state index in [0.717, 1.165) is 0 Å². The maximum absolute atomic E-state index is 13.7. The molecule has 0 spiro atoms. The number of rotatable bonds is 5. The molecule has 5 heteroatoms. The molecule has 2 aromatic carbocycles. The minimum absolute atomic E-state index is 0.0982. The zero-order chi connectivity index (χ0) is 15.4. The number of nitrogens with two attached hydrogens (primary N) is 1. The normalized spacial score (nSPS) is 13.8. The molecule has 0 saturated heterocycles. The van der Waals surface area contributed by atoms with Gasteiger partial charge in [0.2, 0.25) is 0 Å². The van der Waals surface area contributed by atoms with E-state index >= 15 is 0 Å². The van der Waals surface area contributed by atoms with E-state index in [1.807, 2.05) is 0 Å². The summed E-state index contributed by atoms with van der Waals surface area (Å²) in [5.41, 5.74) is 6.63. The molecule has 112 valence electrons. The molecular weight excluding hydrogens is 276 g/mol. The molecule has 21 heavy (non-hydrogen) atoms. The van der Waals surface area contributed by atoms with Crippen LogP contribution in [0.5, 0.6) is 5.75 Å². The van der Waals surface area contributed by atoms with Crippen LogP contribution >= 0.6 is 0 Å². The number of aliphatic hydroxyl groups excluding tert-OH is 1. The zero-order valence-electron chi connectivity index (χ0n) is 11.6. The molecule has 0 aliphatic heterocycles. The number of ether oxygens (including phenoxy) is 1. The zero-order valence-corrected chi connectivity index (χ0v) is 11.6. The lowest BCUT2D eigenvalue weighted by Gasteiger charge is -2.22. The molecule has 2 atom stereocenters. The smallest absolute Gasteiger partial charge is 0.165 e. The Balaban J connectivity index is 2.32. The van der Waals surface area contributed by atoms with Crippen LogP contribution in [0.2, 0.25) is 0 Å². The van der Waals surface area contributed by atoms with Crippen LogP contribution in [0.3, 0.4) is 0 Å². The van der Waals surface area contributed by atoms with Crippen molar-refractivity contribution in [2.75, 3.05) is 13.7 Å². The predicted octanol–water partition coefficient (Wildman–Crippen LogP) is 2.75. The van der Waals surface area contributed by atoms with E-state index in [1.54, 1.807) is 18.2 Å². The second-order valence-electron chi connectivity index (χ2n) is 4.74. The third-order valence-electron chi connectivity index (χ3n) is 3.43. The summed E-state index contributed by atoms with van der Waals surface area (Å²) in [4.78, 5) is 0. The minimum atomic E-state index is -1.03. The van der Waals surface area contributed by atoms with Crippen molar-refractivity contribution in [1.29, 1.82) is 0 Å².